The summed E-state index contributed by atoms with van der Waals surface area (Å²) in [6.07, 6.45) is 1.64. The molecule has 6 heteroatoms. The van der Waals surface area contributed by atoms with Crippen molar-refractivity contribution in [2.75, 3.05) is 7.11 Å². The van der Waals surface area contributed by atoms with E-state index >= 15 is 0 Å². The van der Waals surface area contributed by atoms with E-state index in [0.717, 1.165) is 10.4 Å². The summed E-state index contributed by atoms with van der Waals surface area (Å²) in [7, 11) is 1.35. The Morgan fingerprint density at radius 1 is 1.47 bits per heavy atom. The molecule has 0 fully saturated rings. The van der Waals surface area contributed by atoms with E-state index in [9.17, 15) is 9.59 Å². The molecule has 0 atom stereocenters. The minimum atomic E-state index is -0.373. The van der Waals surface area contributed by atoms with E-state index in [1.54, 1.807) is 24.4 Å². The summed E-state index contributed by atoms with van der Waals surface area (Å²) in [4.78, 5) is 29.2. The Morgan fingerprint density at radius 2 is 2.32 bits per heavy atom. The molecule has 0 spiro atoms. The van der Waals surface area contributed by atoms with Crippen LogP contribution < -0.4 is 5.32 Å². The maximum absolute atomic E-state index is 11.9. The number of aromatic nitrogens is 1. The zero-order chi connectivity index (χ0) is 13.4. The predicted octanol–water partition coefficient (Wildman–Crippen LogP) is 1.84. The first kappa shape index (κ1) is 11.9. The number of fused-ring (bicyclic) bond motifs is 3. The van der Waals surface area contributed by atoms with Gasteiger partial charge in [-0.1, -0.05) is 0 Å². The van der Waals surface area contributed by atoms with Crippen LogP contribution in [0.5, 0.6) is 0 Å². The van der Waals surface area contributed by atoms with Crippen molar-refractivity contribution >= 4 is 23.2 Å². The number of hydrogen-bond acceptors (Lipinski definition) is 5. The van der Waals surface area contributed by atoms with Crippen LogP contribution in [0, 0.1) is 0 Å². The van der Waals surface area contributed by atoms with Crippen LogP contribution >= 0.6 is 11.3 Å². The molecule has 19 heavy (non-hydrogen) atoms. The van der Waals surface area contributed by atoms with Crippen molar-refractivity contribution in [2.24, 2.45) is 0 Å². The maximum atomic E-state index is 11.9. The lowest BCUT2D eigenvalue weighted by atomic mass is 10.1. The van der Waals surface area contributed by atoms with Gasteiger partial charge in [0.1, 0.15) is 4.88 Å². The molecule has 0 saturated carbocycles. The first-order chi connectivity index (χ1) is 9.20. The Morgan fingerprint density at radius 3 is 3.11 bits per heavy atom. The van der Waals surface area contributed by atoms with Crippen molar-refractivity contribution in [3.8, 4) is 11.3 Å². The smallest absolute Gasteiger partial charge is 0.348 e. The number of rotatable bonds is 1. The van der Waals surface area contributed by atoms with Crippen LogP contribution in [0.25, 0.3) is 11.3 Å². The Kier molecular flexibility index (Phi) is 2.79. The number of hydrogen-bond donors (Lipinski definition) is 1. The molecule has 1 aliphatic heterocycles. The molecule has 0 aliphatic carbocycles. The second-order valence-corrected chi connectivity index (χ2v) is 5.16. The third kappa shape index (κ3) is 1.90. The van der Waals surface area contributed by atoms with Gasteiger partial charge in [-0.15, -0.1) is 11.3 Å². The molecule has 2 aromatic rings. The standard InChI is InChI=1S/C13H10N2O3S/c1-18-13(17)9-5-8-10(19-9)6-15-12(16)7-3-2-4-14-11(7)8/h2-5H,6H2,1H3,(H,15,16). The summed E-state index contributed by atoms with van der Waals surface area (Å²) in [6, 6.07) is 5.18. The fraction of sp³-hybridized carbons (Fsp3) is 0.154. The van der Waals surface area contributed by atoms with Crippen molar-refractivity contribution in [3.05, 3.63) is 39.7 Å². The van der Waals surface area contributed by atoms with Gasteiger partial charge >= 0.3 is 5.97 Å². The van der Waals surface area contributed by atoms with E-state index in [1.807, 2.05) is 0 Å². The molecule has 1 amide bonds. The molecule has 5 nitrogen and oxygen atoms in total. The molecule has 96 valence electrons. The normalized spacial score (nSPS) is 13.0. The fourth-order valence-corrected chi connectivity index (χ4v) is 3.04. The number of ether oxygens (including phenoxy) is 1. The van der Waals surface area contributed by atoms with E-state index in [2.05, 4.69) is 10.3 Å². The van der Waals surface area contributed by atoms with Crippen molar-refractivity contribution in [3.63, 3.8) is 0 Å². The lowest BCUT2D eigenvalue weighted by Crippen LogP contribution is -2.21. The average molecular weight is 274 g/mol. The van der Waals surface area contributed by atoms with Crippen LogP contribution in [0.15, 0.2) is 24.4 Å². The SMILES string of the molecule is COC(=O)c1cc2c(s1)CNC(=O)c1cccnc1-2. The third-order valence-corrected chi connectivity index (χ3v) is 4.03. The number of thiophene rings is 1. The largest absolute Gasteiger partial charge is 0.465 e. The monoisotopic (exact) mass is 274 g/mol. The van der Waals surface area contributed by atoms with E-state index in [-0.39, 0.29) is 11.9 Å². The highest BCUT2D eigenvalue weighted by Crippen LogP contribution is 2.34. The highest BCUT2D eigenvalue weighted by atomic mass is 32.1. The topological polar surface area (TPSA) is 68.3 Å². The molecule has 1 N–H and O–H groups in total. The highest BCUT2D eigenvalue weighted by molar-refractivity contribution is 7.14. The van der Waals surface area contributed by atoms with Crippen LogP contribution in [-0.4, -0.2) is 24.0 Å². The molecule has 0 bridgehead atoms. The highest BCUT2D eigenvalue weighted by Gasteiger charge is 2.24. The Balaban J connectivity index is 2.19. The Labute approximate surface area is 113 Å². The second kappa shape index (κ2) is 4.47. The summed E-state index contributed by atoms with van der Waals surface area (Å²) in [5, 5.41) is 2.81. The number of esters is 1. The van der Waals surface area contributed by atoms with Gasteiger partial charge in [0, 0.05) is 16.6 Å². The quantitative estimate of drug-likeness (QED) is 0.806. The molecule has 0 unspecified atom stereocenters. The Bertz CT molecular complexity index is 678. The molecule has 0 aromatic carbocycles. The molecule has 0 saturated heterocycles. The Hall–Kier alpha value is -2.21. The molecule has 3 rings (SSSR count). The van der Waals surface area contributed by atoms with Gasteiger partial charge in [-0.05, 0) is 18.2 Å². The summed E-state index contributed by atoms with van der Waals surface area (Å²) in [6.45, 7) is 0.395. The summed E-state index contributed by atoms with van der Waals surface area (Å²) in [5.74, 6) is -0.520. The number of pyridine rings is 1. The number of nitrogens with zero attached hydrogens (tertiary/aromatic N) is 1. The minimum Gasteiger partial charge on any atom is -0.465 e. The molecule has 2 aromatic heterocycles. The minimum absolute atomic E-state index is 0.147. The van der Waals surface area contributed by atoms with Crippen LogP contribution in [0.4, 0.5) is 0 Å². The van der Waals surface area contributed by atoms with Gasteiger partial charge in [0.2, 0.25) is 0 Å². The van der Waals surface area contributed by atoms with Crippen LogP contribution in [0.2, 0.25) is 0 Å². The molecule has 1 aliphatic rings. The third-order valence-electron chi connectivity index (χ3n) is 2.91. The van der Waals surface area contributed by atoms with Gasteiger partial charge in [0.05, 0.1) is 24.9 Å². The van der Waals surface area contributed by atoms with Crippen molar-refractivity contribution in [2.45, 2.75) is 6.54 Å². The van der Waals surface area contributed by atoms with E-state index in [0.29, 0.717) is 22.7 Å². The van der Waals surface area contributed by atoms with Crippen LogP contribution in [0.1, 0.15) is 24.9 Å². The van der Waals surface area contributed by atoms with Crippen LogP contribution in [-0.2, 0) is 11.3 Å². The number of nitrogens with one attached hydrogen (secondary N) is 1. The lowest BCUT2D eigenvalue weighted by molar-refractivity contribution is 0.0606. The van der Waals surface area contributed by atoms with Gasteiger partial charge in [-0.3, -0.25) is 9.78 Å². The first-order valence-corrected chi connectivity index (χ1v) is 6.47. The lowest BCUT2D eigenvalue weighted by Gasteiger charge is -2.02. The van der Waals surface area contributed by atoms with E-state index in [1.165, 1.54) is 18.4 Å². The summed E-state index contributed by atoms with van der Waals surface area (Å²) in [5.41, 5.74) is 1.95. The number of amides is 1. The van der Waals surface area contributed by atoms with Gasteiger partial charge in [-0.25, -0.2) is 4.79 Å². The number of methoxy groups -OCH3 is 1. The van der Waals surface area contributed by atoms with Crippen molar-refractivity contribution in [1.29, 1.82) is 0 Å². The van der Waals surface area contributed by atoms with Crippen LogP contribution in [0.3, 0.4) is 0 Å². The van der Waals surface area contributed by atoms with E-state index < -0.39 is 0 Å². The molecular formula is C13H10N2O3S. The maximum Gasteiger partial charge on any atom is 0.348 e. The van der Waals surface area contributed by atoms with E-state index in [4.69, 9.17) is 4.74 Å². The molecule has 0 radical (unpaired) electrons. The van der Waals surface area contributed by atoms with Crippen molar-refractivity contribution in [1.82, 2.24) is 10.3 Å². The zero-order valence-electron chi connectivity index (χ0n) is 10.1. The summed E-state index contributed by atoms with van der Waals surface area (Å²) >= 11 is 1.32. The van der Waals surface area contributed by atoms with Gasteiger partial charge in [-0.2, -0.15) is 0 Å². The summed E-state index contributed by atoms with van der Waals surface area (Å²) < 4.78 is 4.72. The van der Waals surface area contributed by atoms with Gasteiger partial charge in [0.25, 0.3) is 5.91 Å². The average Bonchev–Trinajstić information content (AvgIpc) is 2.83. The number of carbonyl (C=O) groups excluding carboxylic acids is 2. The van der Waals surface area contributed by atoms with Gasteiger partial charge in [0.15, 0.2) is 0 Å². The first-order valence-electron chi connectivity index (χ1n) is 5.65. The zero-order valence-corrected chi connectivity index (χ0v) is 10.9. The fourth-order valence-electron chi connectivity index (χ4n) is 2.02. The molecular weight excluding hydrogens is 264 g/mol. The van der Waals surface area contributed by atoms with Gasteiger partial charge < -0.3 is 10.1 Å². The second-order valence-electron chi connectivity index (χ2n) is 4.02. The number of carbonyl (C=O) groups is 2. The predicted molar refractivity (Wildman–Crippen MR) is 70.1 cm³/mol. The molecule has 3 heterocycles. The van der Waals surface area contributed by atoms with Crippen molar-refractivity contribution < 1.29 is 14.3 Å².